The van der Waals surface area contributed by atoms with E-state index in [1.807, 2.05) is 12.1 Å². The van der Waals surface area contributed by atoms with Crippen LogP contribution in [0.1, 0.15) is 12.5 Å². The SMILES string of the molecule is Cc1ccc2nc(NC(=O)[C@@H]3CNC[C@H]3C)sc2c1. The lowest BCUT2D eigenvalue weighted by Gasteiger charge is -2.12. The largest absolute Gasteiger partial charge is 0.316 e. The number of fused-ring (bicyclic) bond motifs is 1. The number of aryl methyl sites for hydroxylation is 1. The summed E-state index contributed by atoms with van der Waals surface area (Å²) in [5, 5.41) is 6.90. The summed E-state index contributed by atoms with van der Waals surface area (Å²) in [5.41, 5.74) is 2.16. The Morgan fingerprint density at radius 1 is 1.47 bits per heavy atom. The van der Waals surface area contributed by atoms with Crippen molar-refractivity contribution < 1.29 is 4.79 Å². The van der Waals surface area contributed by atoms with Crippen molar-refractivity contribution in [2.45, 2.75) is 13.8 Å². The van der Waals surface area contributed by atoms with Gasteiger partial charge in [-0.25, -0.2) is 4.98 Å². The molecule has 2 atom stereocenters. The second kappa shape index (κ2) is 4.90. The van der Waals surface area contributed by atoms with Crippen LogP contribution < -0.4 is 10.6 Å². The van der Waals surface area contributed by atoms with Crippen LogP contribution in [0.5, 0.6) is 0 Å². The number of nitrogens with one attached hydrogen (secondary N) is 2. The van der Waals surface area contributed by atoms with Crippen molar-refractivity contribution in [3.05, 3.63) is 23.8 Å². The Labute approximate surface area is 116 Å². The molecule has 19 heavy (non-hydrogen) atoms. The Balaban J connectivity index is 1.79. The van der Waals surface area contributed by atoms with Crippen LogP contribution in [0, 0.1) is 18.8 Å². The highest BCUT2D eigenvalue weighted by atomic mass is 32.1. The summed E-state index contributed by atoms with van der Waals surface area (Å²) < 4.78 is 1.12. The average Bonchev–Trinajstić information content (AvgIpc) is 2.94. The number of hydrogen-bond donors (Lipinski definition) is 2. The van der Waals surface area contributed by atoms with Gasteiger partial charge in [-0.05, 0) is 37.1 Å². The fourth-order valence-electron chi connectivity index (χ4n) is 2.44. The Bertz CT molecular complexity index is 622. The molecule has 1 aromatic carbocycles. The third-order valence-corrected chi connectivity index (χ3v) is 4.56. The van der Waals surface area contributed by atoms with Crippen molar-refractivity contribution in [2.24, 2.45) is 11.8 Å². The zero-order valence-electron chi connectivity index (χ0n) is 11.1. The maximum Gasteiger partial charge on any atom is 0.230 e. The number of aromatic nitrogens is 1. The third kappa shape index (κ3) is 2.48. The number of rotatable bonds is 2. The standard InChI is InChI=1S/C14H17N3OS/c1-8-3-4-11-12(5-8)19-14(16-11)17-13(18)10-7-15-6-9(10)2/h3-5,9-10,15H,6-7H2,1-2H3,(H,16,17,18)/t9-,10-/m1/s1. The highest BCUT2D eigenvalue weighted by Gasteiger charge is 2.29. The van der Waals surface area contributed by atoms with Crippen LogP contribution >= 0.6 is 11.3 Å². The molecule has 3 rings (SSSR count). The van der Waals surface area contributed by atoms with Crippen LogP contribution in [0.2, 0.25) is 0 Å². The maximum atomic E-state index is 12.2. The Kier molecular flexibility index (Phi) is 3.24. The second-order valence-corrected chi connectivity index (χ2v) is 6.25. The van der Waals surface area contributed by atoms with Crippen LogP contribution in [0.4, 0.5) is 5.13 Å². The summed E-state index contributed by atoms with van der Waals surface area (Å²) in [6, 6.07) is 6.13. The van der Waals surface area contributed by atoms with E-state index in [2.05, 4.69) is 35.5 Å². The lowest BCUT2D eigenvalue weighted by atomic mass is 9.97. The number of anilines is 1. The summed E-state index contributed by atoms with van der Waals surface area (Å²) in [6.07, 6.45) is 0. The Morgan fingerprint density at radius 2 is 2.32 bits per heavy atom. The van der Waals surface area contributed by atoms with Crippen molar-refractivity contribution in [1.82, 2.24) is 10.3 Å². The van der Waals surface area contributed by atoms with E-state index < -0.39 is 0 Å². The highest BCUT2D eigenvalue weighted by Crippen LogP contribution is 2.27. The summed E-state index contributed by atoms with van der Waals surface area (Å²) in [5.74, 6) is 0.513. The average molecular weight is 275 g/mol. The summed E-state index contributed by atoms with van der Waals surface area (Å²) >= 11 is 1.54. The molecule has 1 aliphatic heterocycles. The van der Waals surface area contributed by atoms with Gasteiger partial charge in [-0.1, -0.05) is 24.3 Å². The molecule has 0 radical (unpaired) electrons. The van der Waals surface area contributed by atoms with Gasteiger partial charge in [0.15, 0.2) is 5.13 Å². The fourth-order valence-corrected chi connectivity index (χ4v) is 3.41. The lowest BCUT2D eigenvalue weighted by Crippen LogP contribution is -2.27. The van der Waals surface area contributed by atoms with Gasteiger partial charge in [-0.15, -0.1) is 0 Å². The number of carbonyl (C=O) groups is 1. The minimum Gasteiger partial charge on any atom is -0.316 e. The van der Waals surface area contributed by atoms with Crippen LogP contribution in [0.25, 0.3) is 10.2 Å². The van der Waals surface area contributed by atoms with Gasteiger partial charge in [-0.2, -0.15) is 0 Å². The molecule has 4 nitrogen and oxygen atoms in total. The zero-order chi connectivity index (χ0) is 13.4. The molecule has 1 saturated heterocycles. The van der Waals surface area contributed by atoms with Gasteiger partial charge in [0.2, 0.25) is 5.91 Å². The predicted molar refractivity (Wildman–Crippen MR) is 78.5 cm³/mol. The first-order valence-corrected chi connectivity index (χ1v) is 7.34. The summed E-state index contributed by atoms with van der Waals surface area (Å²) in [4.78, 5) is 16.6. The van der Waals surface area contributed by atoms with E-state index in [1.54, 1.807) is 0 Å². The first-order chi connectivity index (χ1) is 9.13. The van der Waals surface area contributed by atoms with Crippen LogP contribution in [-0.4, -0.2) is 24.0 Å². The number of benzene rings is 1. The molecule has 2 heterocycles. The molecule has 5 heteroatoms. The molecule has 0 unspecified atom stereocenters. The predicted octanol–water partition coefficient (Wildman–Crippen LogP) is 2.40. The molecule has 0 bridgehead atoms. The molecule has 100 valence electrons. The van der Waals surface area contributed by atoms with E-state index in [0.717, 1.165) is 23.3 Å². The normalized spacial score (nSPS) is 22.8. The molecule has 2 N–H and O–H groups in total. The number of hydrogen-bond acceptors (Lipinski definition) is 4. The van der Waals surface area contributed by atoms with Crippen molar-refractivity contribution in [3.63, 3.8) is 0 Å². The first-order valence-electron chi connectivity index (χ1n) is 6.52. The molecule has 0 spiro atoms. The molecule has 1 aromatic heterocycles. The minimum absolute atomic E-state index is 0.0498. The van der Waals surface area contributed by atoms with E-state index in [9.17, 15) is 4.79 Å². The molecule has 2 aromatic rings. The number of amides is 1. The van der Waals surface area contributed by atoms with Gasteiger partial charge in [0, 0.05) is 6.54 Å². The van der Waals surface area contributed by atoms with Crippen LogP contribution in [0.3, 0.4) is 0 Å². The number of carbonyl (C=O) groups excluding carboxylic acids is 1. The van der Waals surface area contributed by atoms with Crippen molar-refractivity contribution in [2.75, 3.05) is 18.4 Å². The molecule has 0 saturated carbocycles. The van der Waals surface area contributed by atoms with Crippen molar-refractivity contribution in [1.29, 1.82) is 0 Å². The topological polar surface area (TPSA) is 54.0 Å². The van der Waals surface area contributed by atoms with Gasteiger partial charge in [-0.3, -0.25) is 4.79 Å². The smallest absolute Gasteiger partial charge is 0.230 e. The van der Waals surface area contributed by atoms with E-state index in [-0.39, 0.29) is 11.8 Å². The molecular weight excluding hydrogens is 258 g/mol. The minimum atomic E-state index is 0.0498. The maximum absolute atomic E-state index is 12.2. The van der Waals surface area contributed by atoms with E-state index in [0.29, 0.717) is 11.0 Å². The lowest BCUT2D eigenvalue weighted by molar-refractivity contribution is -0.120. The Hall–Kier alpha value is -1.46. The van der Waals surface area contributed by atoms with Crippen LogP contribution in [0.15, 0.2) is 18.2 Å². The molecular formula is C14H17N3OS. The van der Waals surface area contributed by atoms with Crippen molar-refractivity contribution >= 4 is 32.6 Å². The fraction of sp³-hybridized carbons (Fsp3) is 0.429. The molecule has 1 fully saturated rings. The molecule has 1 amide bonds. The third-order valence-electron chi connectivity index (χ3n) is 3.63. The second-order valence-electron chi connectivity index (χ2n) is 5.22. The molecule has 1 aliphatic rings. The monoisotopic (exact) mass is 275 g/mol. The van der Waals surface area contributed by atoms with Gasteiger partial charge < -0.3 is 10.6 Å². The number of nitrogens with zero attached hydrogens (tertiary/aromatic N) is 1. The van der Waals surface area contributed by atoms with E-state index >= 15 is 0 Å². The first kappa shape index (κ1) is 12.6. The number of thiazole rings is 1. The Morgan fingerprint density at radius 3 is 3.05 bits per heavy atom. The zero-order valence-corrected chi connectivity index (χ0v) is 11.9. The van der Waals surface area contributed by atoms with Crippen molar-refractivity contribution in [3.8, 4) is 0 Å². The molecule has 0 aliphatic carbocycles. The van der Waals surface area contributed by atoms with E-state index in [1.165, 1.54) is 16.9 Å². The van der Waals surface area contributed by atoms with Gasteiger partial charge in [0.05, 0.1) is 16.1 Å². The quantitative estimate of drug-likeness (QED) is 0.885. The van der Waals surface area contributed by atoms with Crippen LogP contribution in [-0.2, 0) is 4.79 Å². The van der Waals surface area contributed by atoms with Gasteiger partial charge in [0.1, 0.15) is 0 Å². The summed E-state index contributed by atoms with van der Waals surface area (Å²) in [6.45, 7) is 5.84. The van der Waals surface area contributed by atoms with Gasteiger partial charge in [0.25, 0.3) is 0 Å². The summed E-state index contributed by atoms with van der Waals surface area (Å²) in [7, 11) is 0. The van der Waals surface area contributed by atoms with Gasteiger partial charge >= 0.3 is 0 Å². The van der Waals surface area contributed by atoms with E-state index in [4.69, 9.17) is 0 Å². The highest BCUT2D eigenvalue weighted by molar-refractivity contribution is 7.22.